The molecule has 1 amide bonds. The van der Waals surface area contributed by atoms with Gasteiger partial charge in [0, 0.05) is 12.5 Å². The molecular formula is C13H17FN2O2. The van der Waals surface area contributed by atoms with Gasteiger partial charge in [-0.25, -0.2) is 9.37 Å². The first-order valence-electron chi connectivity index (χ1n) is 6.24. The minimum atomic E-state index is -0.464. The Bertz CT molecular complexity index is 408. The third kappa shape index (κ3) is 3.26. The first-order valence-corrected chi connectivity index (χ1v) is 6.24. The molecule has 1 aliphatic rings. The summed E-state index contributed by atoms with van der Waals surface area (Å²) in [6, 6.07) is 2.55. The first kappa shape index (κ1) is 13.0. The van der Waals surface area contributed by atoms with E-state index in [4.69, 9.17) is 0 Å². The lowest BCUT2D eigenvalue weighted by Crippen LogP contribution is -2.36. The molecule has 0 radical (unpaired) electrons. The van der Waals surface area contributed by atoms with Crippen molar-refractivity contribution in [3.05, 3.63) is 29.8 Å². The van der Waals surface area contributed by atoms with Crippen molar-refractivity contribution in [3.63, 3.8) is 0 Å². The number of halogens is 1. The zero-order chi connectivity index (χ0) is 13.0. The molecule has 5 heteroatoms. The number of rotatable bonds is 3. The average molecular weight is 252 g/mol. The lowest BCUT2D eigenvalue weighted by Gasteiger charge is -2.27. The third-order valence-electron chi connectivity index (χ3n) is 3.35. The quantitative estimate of drug-likeness (QED) is 0.857. The Kier molecular flexibility index (Phi) is 4.25. The molecule has 0 aliphatic heterocycles. The van der Waals surface area contributed by atoms with Crippen LogP contribution in [0.5, 0.6) is 0 Å². The van der Waals surface area contributed by atoms with Gasteiger partial charge in [-0.1, -0.05) is 12.8 Å². The molecule has 1 aliphatic carbocycles. The second-order valence-electron chi connectivity index (χ2n) is 4.68. The summed E-state index contributed by atoms with van der Waals surface area (Å²) in [5.74, 6) is -0.676. The van der Waals surface area contributed by atoms with Crippen molar-refractivity contribution in [2.24, 2.45) is 5.92 Å². The van der Waals surface area contributed by atoms with Crippen LogP contribution in [-0.2, 0) is 0 Å². The van der Waals surface area contributed by atoms with Gasteiger partial charge in [0.15, 0.2) is 0 Å². The average Bonchev–Trinajstić information content (AvgIpc) is 2.38. The minimum Gasteiger partial charge on any atom is -0.393 e. The SMILES string of the molecule is O=C(NCC1CCCCC1O)c1ccc(F)cn1. The normalized spacial score (nSPS) is 23.7. The topological polar surface area (TPSA) is 62.2 Å². The number of carbonyl (C=O) groups excluding carboxylic acids is 1. The number of aromatic nitrogens is 1. The van der Waals surface area contributed by atoms with Crippen LogP contribution in [0.25, 0.3) is 0 Å². The van der Waals surface area contributed by atoms with Gasteiger partial charge in [-0.15, -0.1) is 0 Å². The summed E-state index contributed by atoms with van der Waals surface area (Å²) in [6.45, 7) is 0.444. The van der Waals surface area contributed by atoms with Gasteiger partial charge in [0.25, 0.3) is 5.91 Å². The van der Waals surface area contributed by atoms with E-state index in [2.05, 4.69) is 10.3 Å². The third-order valence-corrected chi connectivity index (χ3v) is 3.35. The largest absolute Gasteiger partial charge is 0.393 e. The van der Waals surface area contributed by atoms with Crippen molar-refractivity contribution in [1.82, 2.24) is 10.3 Å². The minimum absolute atomic E-state index is 0.114. The van der Waals surface area contributed by atoms with Gasteiger partial charge in [-0.2, -0.15) is 0 Å². The van der Waals surface area contributed by atoms with Gasteiger partial charge in [-0.05, 0) is 25.0 Å². The molecule has 2 rings (SSSR count). The van der Waals surface area contributed by atoms with Crippen molar-refractivity contribution in [3.8, 4) is 0 Å². The van der Waals surface area contributed by atoms with Crippen molar-refractivity contribution < 1.29 is 14.3 Å². The van der Waals surface area contributed by atoms with E-state index in [1.54, 1.807) is 0 Å². The van der Waals surface area contributed by atoms with Crippen LogP contribution < -0.4 is 5.32 Å². The molecule has 1 aromatic rings. The zero-order valence-corrected chi connectivity index (χ0v) is 10.1. The number of hydrogen-bond acceptors (Lipinski definition) is 3. The van der Waals surface area contributed by atoms with Crippen LogP contribution in [0.1, 0.15) is 36.2 Å². The van der Waals surface area contributed by atoms with Crippen LogP contribution in [0.3, 0.4) is 0 Å². The molecule has 18 heavy (non-hydrogen) atoms. The van der Waals surface area contributed by atoms with E-state index in [-0.39, 0.29) is 23.6 Å². The monoisotopic (exact) mass is 252 g/mol. The molecule has 2 N–H and O–H groups in total. The van der Waals surface area contributed by atoms with E-state index in [1.165, 1.54) is 12.1 Å². The molecule has 2 unspecified atom stereocenters. The van der Waals surface area contributed by atoms with Gasteiger partial charge >= 0.3 is 0 Å². The fourth-order valence-electron chi connectivity index (χ4n) is 2.25. The lowest BCUT2D eigenvalue weighted by molar-refractivity contribution is 0.0661. The Morgan fingerprint density at radius 1 is 1.44 bits per heavy atom. The maximum absolute atomic E-state index is 12.7. The van der Waals surface area contributed by atoms with E-state index in [9.17, 15) is 14.3 Å². The fourth-order valence-corrected chi connectivity index (χ4v) is 2.25. The molecule has 0 saturated heterocycles. The summed E-state index contributed by atoms with van der Waals surface area (Å²) in [5, 5.41) is 12.5. The van der Waals surface area contributed by atoms with Crippen LogP contribution >= 0.6 is 0 Å². The van der Waals surface area contributed by atoms with Gasteiger partial charge in [0.05, 0.1) is 12.3 Å². The maximum Gasteiger partial charge on any atom is 0.269 e. The Morgan fingerprint density at radius 3 is 2.89 bits per heavy atom. The smallest absolute Gasteiger partial charge is 0.269 e. The van der Waals surface area contributed by atoms with Crippen molar-refractivity contribution >= 4 is 5.91 Å². The van der Waals surface area contributed by atoms with Crippen molar-refractivity contribution in [2.75, 3.05) is 6.54 Å². The summed E-state index contributed by atoms with van der Waals surface area (Å²) in [6.07, 6.45) is 4.55. The Labute approximate surface area is 105 Å². The summed E-state index contributed by atoms with van der Waals surface area (Å²) in [5.41, 5.74) is 0.196. The van der Waals surface area contributed by atoms with Crippen LogP contribution in [0, 0.1) is 11.7 Å². The van der Waals surface area contributed by atoms with Crippen LogP contribution in [0.15, 0.2) is 18.3 Å². The van der Waals surface area contributed by atoms with Gasteiger partial charge < -0.3 is 10.4 Å². The number of nitrogens with one attached hydrogen (secondary N) is 1. The number of pyridine rings is 1. The molecule has 4 nitrogen and oxygen atoms in total. The highest BCUT2D eigenvalue weighted by Crippen LogP contribution is 2.23. The van der Waals surface area contributed by atoms with Crippen molar-refractivity contribution in [2.45, 2.75) is 31.8 Å². The van der Waals surface area contributed by atoms with E-state index in [1.807, 2.05) is 0 Å². The molecule has 0 spiro atoms. The lowest BCUT2D eigenvalue weighted by atomic mass is 9.86. The number of nitrogens with zero attached hydrogens (tertiary/aromatic N) is 1. The highest BCUT2D eigenvalue weighted by atomic mass is 19.1. The van der Waals surface area contributed by atoms with Gasteiger partial charge in [0.1, 0.15) is 11.5 Å². The number of amides is 1. The summed E-state index contributed by atoms with van der Waals surface area (Å²) >= 11 is 0. The molecule has 1 aromatic heterocycles. The summed E-state index contributed by atoms with van der Waals surface area (Å²) in [7, 11) is 0. The van der Waals surface area contributed by atoms with Crippen molar-refractivity contribution in [1.29, 1.82) is 0 Å². The summed E-state index contributed by atoms with van der Waals surface area (Å²) < 4.78 is 12.7. The molecule has 1 heterocycles. The molecule has 0 aromatic carbocycles. The molecule has 1 saturated carbocycles. The standard InChI is InChI=1S/C13H17FN2O2/c14-10-5-6-11(15-8-10)13(18)16-7-9-3-1-2-4-12(9)17/h5-6,8-9,12,17H,1-4,7H2,(H,16,18). The second-order valence-corrected chi connectivity index (χ2v) is 4.68. The van der Waals surface area contributed by atoms with E-state index < -0.39 is 5.82 Å². The Balaban J connectivity index is 1.86. The summed E-state index contributed by atoms with van der Waals surface area (Å²) in [4.78, 5) is 15.4. The zero-order valence-electron chi connectivity index (χ0n) is 10.1. The Hall–Kier alpha value is -1.49. The number of carbonyl (C=O) groups is 1. The molecule has 1 fully saturated rings. The Morgan fingerprint density at radius 2 is 2.22 bits per heavy atom. The highest BCUT2D eigenvalue weighted by Gasteiger charge is 2.23. The maximum atomic E-state index is 12.7. The van der Waals surface area contributed by atoms with E-state index in [0.717, 1.165) is 31.9 Å². The molecule has 98 valence electrons. The number of aliphatic hydroxyl groups is 1. The molecular weight excluding hydrogens is 235 g/mol. The van der Waals surface area contributed by atoms with E-state index >= 15 is 0 Å². The van der Waals surface area contributed by atoms with Crippen LogP contribution in [-0.4, -0.2) is 28.6 Å². The number of hydrogen-bond donors (Lipinski definition) is 2. The van der Waals surface area contributed by atoms with E-state index in [0.29, 0.717) is 6.54 Å². The predicted octanol–water partition coefficient (Wildman–Crippen LogP) is 1.50. The number of aliphatic hydroxyl groups excluding tert-OH is 1. The predicted molar refractivity (Wildman–Crippen MR) is 64.5 cm³/mol. The highest BCUT2D eigenvalue weighted by molar-refractivity contribution is 5.92. The van der Waals surface area contributed by atoms with Crippen LogP contribution in [0.2, 0.25) is 0 Å². The van der Waals surface area contributed by atoms with Gasteiger partial charge in [0.2, 0.25) is 0 Å². The molecule has 2 atom stereocenters. The second kappa shape index (κ2) is 5.91. The molecule has 0 bridgehead atoms. The van der Waals surface area contributed by atoms with Crippen LogP contribution in [0.4, 0.5) is 4.39 Å². The first-order chi connectivity index (χ1) is 8.66. The van der Waals surface area contributed by atoms with Gasteiger partial charge in [-0.3, -0.25) is 4.79 Å². The fraction of sp³-hybridized carbons (Fsp3) is 0.538.